The Morgan fingerprint density at radius 3 is 2.53 bits per heavy atom. The fraction of sp³-hybridized carbons (Fsp3) is 0.143. The van der Waals surface area contributed by atoms with Crippen LogP contribution in [-0.2, 0) is 13.2 Å². The first-order valence-corrected chi connectivity index (χ1v) is 7.53. The maximum atomic E-state index is 9.37. The van der Waals surface area contributed by atoms with E-state index in [0.717, 1.165) is 14.5 Å². The second-order valence-electron chi connectivity index (χ2n) is 3.91. The van der Waals surface area contributed by atoms with E-state index < -0.39 is 0 Å². The maximum Gasteiger partial charge on any atom is 0.139 e. The summed E-state index contributed by atoms with van der Waals surface area (Å²) in [6.45, 7) is 0.267. The van der Waals surface area contributed by atoms with Crippen molar-refractivity contribution in [1.82, 2.24) is 0 Å². The van der Waals surface area contributed by atoms with E-state index in [1.165, 1.54) is 0 Å². The van der Waals surface area contributed by atoms with E-state index in [4.69, 9.17) is 16.3 Å². The van der Waals surface area contributed by atoms with E-state index >= 15 is 0 Å². The van der Waals surface area contributed by atoms with Gasteiger partial charge >= 0.3 is 0 Å². The van der Waals surface area contributed by atoms with Crippen molar-refractivity contribution in [3.05, 3.63) is 61.5 Å². The van der Waals surface area contributed by atoms with Gasteiger partial charge in [0, 0.05) is 20.6 Å². The molecule has 0 aliphatic rings. The molecule has 0 heterocycles. The van der Waals surface area contributed by atoms with Crippen molar-refractivity contribution in [2.45, 2.75) is 13.2 Å². The molecule has 1 N–H and O–H groups in total. The number of hydrogen-bond donors (Lipinski definition) is 1. The van der Waals surface area contributed by atoms with E-state index in [1.54, 1.807) is 0 Å². The van der Waals surface area contributed by atoms with E-state index in [-0.39, 0.29) is 6.61 Å². The Bertz CT molecular complexity index is 588. The molecule has 19 heavy (non-hydrogen) atoms. The Morgan fingerprint density at radius 1 is 1.11 bits per heavy atom. The third-order valence-electron chi connectivity index (χ3n) is 2.59. The van der Waals surface area contributed by atoms with Gasteiger partial charge in [-0.15, -0.1) is 0 Å². The zero-order valence-electron chi connectivity index (χ0n) is 9.87. The molecule has 0 saturated carbocycles. The van der Waals surface area contributed by atoms with Crippen molar-refractivity contribution in [3.8, 4) is 5.75 Å². The number of hydrogen-bond acceptors (Lipinski definition) is 2. The molecule has 0 spiro atoms. The summed E-state index contributed by atoms with van der Waals surface area (Å²) in [6.07, 6.45) is 0. The largest absolute Gasteiger partial charge is 0.487 e. The summed E-state index contributed by atoms with van der Waals surface area (Å²) < 4.78 is 7.44. The normalized spacial score (nSPS) is 10.5. The number of aliphatic hydroxyl groups is 1. The highest BCUT2D eigenvalue weighted by Gasteiger charge is 2.10. The van der Waals surface area contributed by atoms with Gasteiger partial charge in [0.25, 0.3) is 0 Å². The summed E-state index contributed by atoms with van der Waals surface area (Å²) >= 11 is 12.9. The van der Waals surface area contributed by atoms with Crippen LogP contribution in [0.1, 0.15) is 11.1 Å². The number of benzene rings is 2. The minimum Gasteiger partial charge on any atom is -0.487 e. The van der Waals surface area contributed by atoms with Crippen molar-refractivity contribution >= 4 is 43.5 Å². The van der Waals surface area contributed by atoms with Crippen LogP contribution in [0.15, 0.2) is 45.3 Å². The average molecular weight is 407 g/mol. The first-order chi connectivity index (χ1) is 9.11. The molecule has 0 aliphatic carbocycles. The second-order valence-corrected chi connectivity index (χ2v) is 6.09. The van der Waals surface area contributed by atoms with Crippen LogP contribution < -0.4 is 4.74 Å². The highest BCUT2D eigenvalue weighted by Crippen LogP contribution is 2.33. The van der Waals surface area contributed by atoms with Gasteiger partial charge in [0.15, 0.2) is 0 Å². The lowest BCUT2D eigenvalue weighted by Crippen LogP contribution is -2.00. The van der Waals surface area contributed by atoms with Gasteiger partial charge < -0.3 is 9.84 Å². The van der Waals surface area contributed by atoms with Crippen LogP contribution in [0, 0.1) is 0 Å². The number of aliphatic hydroxyl groups excluding tert-OH is 1. The standard InChI is InChI=1S/C14H11Br2ClO2/c15-11-5-10(7-18)14(12(16)6-11)19-8-9-3-1-2-4-13(9)17/h1-6,18H,7-8H2. The zero-order chi connectivity index (χ0) is 13.8. The molecule has 2 aromatic carbocycles. The van der Waals surface area contributed by atoms with Gasteiger partial charge in [-0.2, -0.15) is 0 Å². The summed E-state index contributed by atoms with van der Waals surface area (Å²) in [7, 11) is 0. The number of halogens is 3. The zero-order valence-corrected chi connectivity index (χ0v) is 13.8. The van der Waals surface area contributed by atoms with Gasteiger partial charge in [-0.3, -0.25) is 0 Å². The van der Waals surface area contributed by atoms with Gasteiger partial charge in [-0.05, 0) is 34.1 Å². The van der Waals surface area contributed by atoms with Crippen LogP contribution in [-0.4, -0.2) is 5.11 Å². The molecular weight excluding hydrogens is 395 g/mol. The molecule has 0 atom stereocenters. The molecule has 2 nitrogen and oxygen atoms in total. The SMILES string of the molecule is OCc1cc(Br)cc(Br)c1OCc1ccccc1Cl. The fourth-order valence-electron chi connectivity index (χ4n) is 1.66. The Labute approximate surface area is 133 Å². The monoisotopic (exact) mass is 404 g/mol. The summed E-state index contributed by atoms with van der Waals surface area (Å²) in [5.74, 6) is 0.630. The second kappa shape index (κ2) is 6.75. The molecule has 0 aromatic heterocycles. The Morgan fingerprint density at radius 2 is 1.84 bits per heavy atom. The van der Waals surface area contributed by atoms with E-state index in [9.17, 15) is 5.11 Å². The topological polar surface area (TPSA) is 29.5 Å². The maximum absolute atomic E-state index is 9.37. The van der Waals surface area contributed by atoms with E-state index in [2.05, 4.69) is 31.9 Å². The molecule has 2 rings (SSSR count). The van der Waals surface area contributed by atoms with Gasteiger partial charge in [-0.1, -0.05) is 45.7 Å². The van der Waals surface area contributed by atoms with Crippen LogP contribution in [0.4, 0.5) is 0 Å². The highest BCUT2D eigenvalue weighted by atomic mass is 79.9. The summed E-state index contributed by atoms with van der Waals surface area (Å²) in [5, 5.41) is 10.0. The van der Waals surface area contributed by atoms with Gasteiger partial charge in [0.1, 0.15) is 12.4 Å². The van der Waals surface area contributed by atoms with Crippen LogP contribution in [0.3, 0.4) is 0 Å². The first kappa shape index (κ1) is 14.9. The third-order valence-corrected chi connectivity index (χ3v) is 4.00. The quantitative estimate of drug-likeness (QED) is 0.780. The van der Waals surface area contributed by atoms with Crippen LogP contribution in [0.2, 0.25) is 5.02 Å². The van der Waals surface area contributed by atoms with E-state index in [1.807, 2.05) is 36.4 Å². The lowest BCUT2D eigenvalue weighted by atomic mass is 10.2. The van der Waals surface area contributed by atoms with Crippen LogP contribution >= 0.6 is 43.5 Å². The number of ether oxygens (including phenoxy) is 1. The number of rotatable bonds is 4. The first-order valence-electron chi connectivity index (χ1n) is 5.57. The van der Waals surface area contributed by atoms with Gasteiger partial charge in [-0.25, -0.2) is 0 Å². The molecule has 0 bridgehead atoms. The van der Waals surface area contributed by atoms with Gasteiger partial charge in [0.05, 0.1) is 11.1 Å². The molecular formula is C14H11Br2ClO2. The molecule has 5 heteroatoms. The highest BCUT2D eigenvalue weighted by molar-refractivity contribution is 9.11. The molecule has 0 aliphatic heterocycles. The van der Waals surface area contributed by atoms with Gasteiger partial charge in [0.2, 0.25) is 0 Å². The summed E-state index contributed by atoms with van der Waals surface area (Å²) in [4.78, 5) is 0. The molecule has 0 unspecified atom stereocenters. The Kier molecular flexibility index (Phi) is 5.28. The lowest BCUT2D eigenvalue weighted by molar-refractivity contribution is 0.258. The van der Waals surface area contributed by atoms with Crippen molar-refractivity contribution < 1.29 is 9.84 Å². The smallest absolute Gasteiger partial charge is 0.139 e. The van der Waals surface area contributed by atoms with Crippen molar-refractivity contribution in [2.24, 2.45) is 0 Å². The molecule has 2 aromatic rings. The summed E-state index contributed by atoms with van der Waals surface area (Å²) in [5.41, 5.74) is 1.62. The third kappa shape index (κ3) is 3.72. The fourth-order valence-corrected chi connectivity index (χ4v) is 3.28. The molecule has 0 radical (unpaired) electrons. The van der Waals surface area contributed by atoms with E-state index in [0.29, 0.717) is 22.9 Å². The predicted molar refractivity (Wildman–Crippen MR) is 83.5 cm³/mol. The average Bonchev–Trinajstić information content (AvgIpc) is 2.38. The van der Waals surface area contributed by atoms with Crippen LogP contribution in [0.5, 0.6) is 5.75 Å². The molecule has 0 fully saturated rings. The predicted octanol–water partition coefficient (Wildman–Crippen LogP) is 4.94. The minimum absolute atomic E-state index is 0.0874. The minimum atomic E-state index is -0.0874. The molecule has 0 saturated heterocycles. The Hall–Kier alpha value is -0.550. The van der Waals surface area contributed by atoms with Crippen molar-refractivity contribution in [2.75, 3.05) is 0 Å². The molecule has 0 amide bonds. The molecule has 100 valence electrons. The van der Waals surface area contributed by atoms with Crippen molar-refractivity contribution in [1.29, 1.82) is 0 Å². The lowest BCUT2D eigenvalue weighted by Gasteiger charge is -2.13. The Balaban J connectivity index is 2.22. The summed E-state index contributed by atoms with van der Waals surface area (Å²) in [6, 6.07) is 11.2. The van der Waals surface area contributed by atoms with Crippen LogP contribution in [0.25, 0.3) is 0 Å². The van der Waals surface area contributed by atoms with Crippen molar-refractivity contribution in [3.63, 3.8) is 0 Å².